The molecule has 2 heterocycles. The van der Waals surface area contributed by atoms with Gasteiger partial charge in [0.1, 0.15) is 16.9 Å². The van der Waals surface area contributed by atoms with E-state index >= 15 is 0 Å². The molecule has 7 heteroatoms. The molecule has 1 amide bonds. The number of aromatic nitrogens is 3. The summed E-state index contributed by atoms with van der Waals surface area (Å²) in [4.78, 5) is 18.4. The first-order valence-corrected chi connectivity index (χ1v) is 7.14. The second-order valence-electron chi connectivity index (χ2n) is 4.80. The highest BCUT2D eigenvalue weighted by molar-refractivity contribution is 5.98. The molecular formula is C15H17N5O2. The Hall–Kier alpha value is -2.83. The van der Waals surface area contributed by atoms with E-state index in [0.29, 0.717) is 29.8 Å². The predicted octanol–water partition coefficient (Wildman–Crippen LogP) is 2.08. The third kappa shape index (κ3) is 2.20. The topological polar surface area (TPSA) is 90.2 Å². The number of nitrogen functional groups attached to an aromatic ring is 1. The summed E-state index contributed by atoms with van der Waals surface area (Å²) in [6.07, 6.45) is 1.45. The molecule has 0 aliphatic heterocycles. The molecule has 2 N–H and O–H groups in total. The summed E-state index contributed by atoms with van der Waals surface area (Å²) >= 11 is 0. The first-order valence-electron chi connectivity index (χ1n) is 7.14. The van der Waals surface area contributed by atoms with E-state index in [1.165, 1.54) is 10.9 Å². The lowest BCUT2D eigenvalue weighted by molar-refractivity contribution is 0.0774. The zero-order chi connectivity index (χ0) is 15.7. The fourth-order valence-corrected chi connectivity index (χ4v) is 2.31. The molecule has 0 aliphatic rings. The van der Waals surface area contributed by atoms with Crippen molar-refractivity contribution in [2.45, 2.75) is 13.8 Å². The van der Waals surface area contributed by atoms with Crippen molar-refractivity contribution in [2.24, 2.45) is 0 Å². The van der Waals surface area contributed by atoms with Crippen LogP contribution >= 0.6 is 0 Å². The number of hydrogen-bond donors (Lipinski definition) is 1. The van der Waals surface area contributed by atoms with Gasteiger partial charge in [0.25, 0.3) is 5.91 Å². The monoisotopic (exact) mass is 299 g/mol. The summed E-state index contributed by atoms with van der Waals surface area (Å²) in [6.45, 7) is 5.07. The van der Waals surface area contributed by atoms with E-state index in [1.54, 1.807) is 4.90 Å². The number of nitrogens with zero attached hydrogens (tertiary/aromatic N) is 4. The number of fused-ring (bicyclic) bond motifs is 1. The van der Waals surface area contributed by atoms with Gasteiger partial charge in [0.05, 0.1) is 6.20 Å². The highest BCUT2D eigenvalue weighted by atomic mass is 16.4. The first-order chi connectivity index (χ1) is 10.7. The zero-order valence-corrected chi connectivity index (χ0v) is 12.5. The van der Waals surface area contributed by atoms with Gasteiger partial charge in [-0.05, 0) is 26.0 Å². The van der Waals surface area contributed by atoms with Crippen molar-refractivity contribution in [2.75, 3.05) is 18.8 Å². The Balaban J connectivity index is 2.01. The summed E-state index contributed by atoms with van der Waals surface area (Å²) in [5.41, 5.74) is 7.77. The Labute approximate surface area is 127 Å². The van der Waals surface area contributed by atoms with Crippen LogP contribution in [0.15, 0.2) is 34.9 Å². The molecule has 0 fully saturated rings. The third-order valence-electron chi connectivity index (χ3n) is 3.55. The van der Waals surface area contributed by atoms with Crippen LogP contribution in [0.3, 0.4) is 0 Å². The normalized spacial score (nSPS) is 11.0. The van der Waals surface area contributed by atoms with Crippen molar-refractivity contribution in [1.82, 2.24) is 19.7 Å². The Bertz CT molecular complexity index is 783. The van der Waals surface area contributed by atoms with Crippen molar-refractivity contribution in [1.29, 1.82) is 0 Å². The summed E-state index contributed by atoms with van der Waals surface area (Å²) in [5, 5.41) is 4.14. The smallest absolute Gasteiger partial charge is 0.325 e. The Morgan fingerprint density at radius 2 is 2.05 bits per heavy atom. The minimum absolute atomic E-state index is 0.148. The van der Waals surface area contributed by atoms with Gasteiger partial charge in [-0.15, -0.1) is 0 Å². The van der Waals surface area contributed by atoms with Crippen LogP contribution in [0.1, 0.15) is 24.2 Å². The molecule has 0 saturated heterocycles. The van der Waals surface area contributed by atoms with E-state index in [1.807, 2.05) is 38.1 Å². The number of para-hydroxylation sites is 2. The van der Waals surface area contributed by atoms with Gasteiger partial charge in [-0.3, -0.25) is 4.79 Å². The fraction of sp³-hybridized carbons (Fsp3) is 0.267. The van der Waals surface area contributed by atoms with Gasteiger partial charge in [0.2, 0.25) is 0 Å². The number of rotatable bonds is 4. The molecule has 0 spiro atoms. The second-order valence-corrected chi connectivity index (χ2v) is 4.80. The average Bonchev–Trinajstić information content (AvgIpc) is 3.11. The standard InChI is InChI=1S/C15H17N5O2/c1-3-19(4-2)14(21)10-9-17-20(13(10)16)15-18-11-7-5-6-8-12(11)22-15/h5-9H,3-4,16H2,1-2H3. The van der Waals surface area contributed by atoms with Gasteiger partial charge in [0.15, 0.2) is 5.58 Å². The van der Waals surface area contributed by atoms with Crippen molar-refractivity contribution in [3.05, 3.63) is 36.0 Å². The highest BCUT2D eigenvalue weighted by Crippen LogP contribution is 2.22. The number of oxazole rings is 1. The number of carbonyl (C=O) groups is 1. The molecule has 0 atom stereocenters. The molecule has 114 valence electrons. The molecule has 7 nitrogen and oxygen atoms in total. The molecule has 0 aliphatic carbocycles. The Kier molecular flexibility index (Phi) is 3.54. The van der Waals surface area contributed by atoms with E-state index in [0.717, 1.165) is 0 Å². The van der Waals surface area contributed by atoms with E-state index < -0.39 is 0 Å². The summed E-state index contributed by atoms with van der Waals surface area (Å²) in [7, 11) is 0. The minimum Gasteiger partial charge on any atom is -0.422 e. The summed E-state index contributed by atoms with van der Waals surface area (Å²) < 4.78 is 6.97. The van der Waals surface area contributed by atoms with Gasteiger partial charge < -0.3 is 15.1 Å². The second kappa shape index (κ2) is 5.51. The van der Waals surface area contributed by atoms with Crippen molar-refractivity contribution >= 4 is 22.8 Å². The van der Waals surface area contributed by atoms with Crippen LogP contribution in [-0.2, 0) is 0 Å². The summed E-state index contributed by atoms with van der Waals surface area (Å²) in [6, 6.07) is 7.63. The molecule has 0 bridgehead atoms. The van der Waals surface area contributed by atoms with Crippen LogP contribution in [0.2, 0.25) is 0 Å². The third-order valence-corrected chi connectivity index (χ3v) is 3.55. The molecule has 22 heavy (non-hydrogen) atoms. The largest absolute Gasteiger partial charge is 0.422 e. The fourth-order valence-electron chi connectivity index (χ4n) is 2.31. The molecule has 3 aromatic rings. The zero-order valence-electron chi connectivity index (χ0n) is 12.5. The number of nitrogens with two attached hydrogens (primary N) is 1. The highest BCUT2D eigenvalue weighted by Gasteiger charge is 2.21. The lowest BCUT2D eigenvalue weighted by Gasteiger charge is -2.17. The number of anilines is 1. The van der Waals surface area contributed by atoms with Gasteiger partial charge >= 0.3 is 6.01 Å². The number of amides is 1. The van der Waals surface area contributed by atoms with Crippen molar-refractivity contribution in [3.63, 3.8) is 0 Å². The SMILES string of the molecule is CCN(CC)C(=O)c1cnn(-c2nc3ccccc3o2)c1N. The maximum absolute atomic E-state index is 12.4. The maximum atomic E-state index is 12.4. The van der Waals surface area contributed by atoms with E-state index in [-0.39, 0.29) is 17.7 Å². The van der Waals surface area contributed by atoms with Crippen LogP contribution in [0, 0.1) is 0 Å². The van der Waals surface area contributed by atoms with Crippen LogP contribution < -0.4 is 5.73 Å². The van der Waals surface area contributed by atoms with Gasteiger partial charge in [-0.2, -0.15) is 14.8 Å². The first kappa shape index (κ1) is 14.1. The molecule has 0 saturated carbocycles. The van der Waals surface area contributed by atoms with Crippen LogP contribution in [0.5, 0.6) is 0 Å². The van der Waals surface area contributed by atoms with E-state index in [4.69, 9.17) is 10.2 Å². The minimum atomic E-state index is -0.148. The maximum Gasteiger partial charge on any atom is 0.325 e. The van der Waals surface area contributed by atoms with Crippen LogP contribution in [0.25, 0.3) is 17.1 Å². The predicted molar refractivity (Wildman–Crippen MR) is 82.8 cm³/mol. The number of carbonyl (C=O) groups excluding carboxylic acids is 1. The molecule has 1 aromatic carbocycles. The molecule has 0 unspecified atom stereocenters. The molecule has 3 rings (SSSR count). The van der Waals surface area contributed by atoms with Gasteiger partial charge in [-0.1, -0.05) is 12.1 Å². The van der Waals surface area contributed by atoms with Gasteiger partial charge in [-0.25, -0.2) is 0 Å². The number of benzene rings is 1. The average molecular weight is 299 g/mol. The van der Waals surface area contributed by atoms with Gasteiger partial charge in [0, 0.05) is 13.1 Å². The van der Waals surface area contributed by atoms with Crippen molar-refractivity contribution < 1.29 is 9.21 Å². The lowest BCUT2D eigenvalue weighted by atomic mass is 10.3. The molecular weight excluding hydrogens is 282 g/mol. The van der Waals surface area contributed by atoms with Crippen molar-refractivity contribution in [3.8, 4) is 6.01 Å². The molecule has 2 aromatic heterocycles. The number of hydrogen-bond acceptors (Lipinski definition) is 5. The Morgan fingerprint density at radius 3 is 2.73 bits per heavy atom. The van der Waals surface area contributed by atoms with E-state index in [2.05, 4.69) is 10.1 Å². The Morgan fingerprint density at radius 1 is 1.32 bits per heavy atom. The summed E-state index contributed by atoms with van der Waals surface area (Å²) in [5.74, 6) is 0.0771. The lowest BCUT2D eigenvalue weighted by Crippen LogP contribution is -2.30. The van der Waals surface area contributed by atoms with E-state index in [9.17, 15) is 4.79 Å². The van der Waals surface area contributed by atoms with Crippen LogP contribution in [0.4, 0.5) is 5.82 Å². The quantitative estimate of drug-likeness (QED) is 0.796. The van der Waals surface area contributed by atoms with Crippen LogP contribution in [-0.4, -0.2) is 38.7 Å². The molecule has 0 radical (unpaired) electrons.